The van der Waals surface area contributed by atoms with Gasteiger partial charge in [-0.05, 0) is 43.7 Å². The summed E-state index contributed by atoms with van der Waals surface area (Å²) in [5.74, 6) is -0.472. The lowest BCUT2D eigenvalue weighted by Gasteiger charge is -2.03. The Hall–Kier alpha value is -1.97. The van der Waals surface area contributed by atoms with Crippen molar-refractivity contribution in [3.8, 4) is 0 Å². The lowest BCUT2D eigenvalue weighted by Crippen LogP contribution is -2.08. The molecular formula is C14H15FN2O. The molecule has 0 saturated heterocycles. The first-order chi connectivity index (χ1) is 8.45. The fourth-order valence-electron chi connectivity index (χ4n) is 1.99. The molecule has 4 heteroatoms. The van der Waals surface area contributed by atoms with Crippen molar-refractivity contribution in [3.05, 3.63) is 52.6 Å². The van der Waals surface area contributed by atoms with Crippen LogP contribution < -0.4 is 0 Å². The van der Waals surface area contributed by atoms with Gasteiger partial charge < -0.3 is 0 Å². The molecule has 0 radical (unpaired) electrons. The van der Waals surface area contributed by atoms with E-state index >= 15 is 0 Å². The number of ketones is 1. The summed E-state index contributed by atoms with van der Waals surface area (Å²) in [5.41, 5.74) is 2.86. The molecule has 0 spiro atoms. The Labute approximate surface area is 105 Å². The van der Waals surface area contributed by atoms with E-state index in [1.807, 2.05) is 13.0 Å². The highest BCUT2D eigenvalue weighted by Gasteiger charge is 2.12. The van der Waals surface area contributed by atoms with Crippen LogP contribution in [0.2, 0.25) is 0 Å². The quantitative estimate of drug-likeness (QED) is 0.780. The van der Waals surface area contributed by atoms with Crippen LogP contribution in [0.15, 0.2) is 24.3 Å². The van der Waals surface area contributed by atoms with E-state index in [9.17, 15) is 9.18 Å². The SMILES string of the molecule is Cc1cc(F)cc(C(=O)Cc2cc(C)nn2C)c1. The number of aromatic nitrogens is 2. The zero-order chi connectivity index (χ0) is 13.3. The van der Waals surface area contributed by atoms with Crippen molar-refractivity contribution in [1.82, 2.24) is 9.78 Å². The molecule has 0 aliphatic carbocycles. The predicted molar refractivity (Wildman–Crippen MR) is 67.1 cm³/mol. The zero-order valence-corrected chi connectivity index (χ0v) is 10.7. The van der Waals surface area contributed by atoms with Crippen LogP contribution in [0, 0.1) is 19.7 Å². The summed E-state index contributed by atoms with van der Waals surface area (Å²) in [6, 6.07) is 6.25. The van der Waals surface area contributed by atoms with Crippen LogP contribution >= 0.6 is 0 Å². The molecule has 18 heavy (non-hydrogen) atoms. The third-order valence-corrected chi connectivity index (χ3v) is 2.80. The van der Waals surface area contributed by atoms with Crippen LogP contribution in [0.4, 0.5) is 4.39 Å². The fraction of sp³-hybridized carbons (Fsp3) is 0.286. The minimum atomic E-state index is -0.375. The molecule has 0 saturated carbocycles. The first-order valence-corrected chi connectivity index (χ1v) is 5.75. The molecule has 0 atom stereocenters. The first kappa shape index (κ1) is 12.5. The van der Waals surface area contributed by atoms with E-state index in [4.69, 9.17) is 0 Å². The van der Waals surface area contributed by atoms with Crippen LogP contribution in [0.3, 0.4) is 0 Å². The molecule has 0 fully saturated rings. The second-order valence-electron chi connectivity index (χ2n) is 4.52. The maximum absolute atomic E-state index is 13.2. The predicted octanol–water partition coefficient (Wildman–Crippen LogP) is 2.60. The van der Waals surface area contributed by atoms with Crippen molar-refractivity contribution in [2.75, 3.05) is 0 Å². The summed E-state index contributed by atoms with van der Waals surface area (Å²) in [5, 5.41) is 4.18. The Balaban J connectivity index is 2.24. The molecule has 0 N–H and O–H groups in total. The van der Waals surface area contributed by atoms with Crippen molar-refractivity contribution in [1.29, 1.82) is 0 Å². The van der Waals surface area contributed by atoms with Crippen molar-refractivity contribution in [2.45, 2.75) is 20.3 Å². The summed E-state index contributed by atoms with van der Waals surface area (Å²) in [7, 11) is 1.80. The topological polar surface area (TPSA) is 34.9 Å². The molecule has 2 rings (SSSR count). The van der Waals surface area contributed by atoms with E-state index < -0.39 is 0 Å². The molecule has 3 nitrogen and oxygen atoms in total. The molecular weight excluding hydrogens is 231 g/mol. The summed E-state index contributed by atoms with van der Waals surface area (Å²) in [4.78, 5) is 12.1. The van der Waals surface area contributed by atoms with E-state index in [1.165, 1.54) is 12.1 Å². The molecule has 1 heterocycles. The lowest BCUT2D eigenvalue weighted by atomic mass is 10.0. The summed E-state index contributed by atoms with van der Waals surface area (Å²) >= 11 is 0. The van der Waals surface area contributed by atoms with E-state index in [0.29, 0.717) is 5.56 Å². The maximum Gasteiger partial charge on any atom is 0.168 e. The maximum atomic E-state index is 13.2. The van der Waals surface area contributed by atoms with Crippen molar-refractivity contribution in [2.24, 2.45) is 7.05 Å². The Morgan fingerprint density at radius 2 is 2.00 bits per heavy atom. The first-order valence-electron chi connectivity index (χ1n) is 5.75. The number of carbonyl (C=O) groups is 1. The number of hydrogen-bond acceptors (Lipinski definition) is 2. The van der Waals surface area contributed by atoms with Crippen molar-refractivity contribution in [3.63, 3.8) is 0 Å². The Kier molecular flexibility index (Phi) is 3.28. The summed E-state index contributed by atoms with van der Waals surface area (Å²) in [6.07, 6.45) is 0.236. The number of carbonyl (C=O) groups excluding carboxylic acids is 1. The molecule has 0 amide bonds. The van der Waals surface area contributed by atoms with E-state index in [0.717, 1.165) is 17.0 Å². The van der Waals surface area contributed by atoms with Gasteiger partial charge in [-0.1, -0.05) is 0 Å². The number of rotatable bonds is 3. The lowest BCUT2D eigenvalue weighted by molar-refractivity contribution is 0.0990. The van der Waals surface area contributed by atoms with Gasteiger partial charge in [0.2, 0.25) is 0 Å². The Morgan fingerprint density at radius 1 is 1.28 bits per heavy atom. The highest BCUT2D eigenvalue weighted by Crippen LogP contribution is 2.12. The van der Waals surface area contributed by atoms with Gasteiger partial charge >= 0.3 is 0 Å². The minimum absolute atomic E-state index is 0.0967. The van der Waals surface area contributed by atoms with Gasteiger partial charge in [0.25, 0.3) is 0 Å². The highest BCUT2D eigenvalue weighted by molar-refractivity contribution is 5.97. The molecule has 1 aromatic carbocycles. The number of hydrogen-bond donors (Lipinski definition) is 0. The van der Waals surface area contributed by atoms with Crippen molar-refractivity contribution >= 4 is 5.78 Å². The average Bonchev–Trinajstić information content (AvgIpc) is 2.56. The molecule has 0 aliphatic rings. The number of nitrogens with zero attached hydrogens (tertiary/aromatic N) is 2. The average molecular weight is 246 g/mol. The van der Waals surface area contributed by atoms with Gasteiger partial charge in [0, 0.05) is 18.3 Å². The van der Waals surface area contributed by atoms with Gasteiger partial charge in [-0.25, -0.2) is 4.39 Å². The molecule has 0 unspecified atom stereocenters. The van der Waals surface area contributed by atoms with Gasteiger partial charge in [0.1, 0.15) is 5.82 Å². The Bertz CT molecular complexity index is 582. The molecule has 2 aromatic rings. The number of benzene rings is 1. The minimum Gasteiger partial charge on any atom is -0.294 e. The van der Waals surface area contributed by atoms with E-state index in [-0.39, 0.29) is 18.0 Å². The second-order valence-corrected chi connectivity index (χ2v) is 4.52. The van der Waals surface area contributed by atoms with Crippen LogP contribution in [0.25, 0.3) is 0 Å². The van der Waals surface area contributed by atoms with Gasteiger partial charge in [-0.3, -0.25) is 9.48 Å². The van der Waals surface area contributed by atoms with Crippen LogP contribution in [-0.4, -0.2) is 15.6 Å². The molecule has 0 bridgehead atoms. The summed E-state index contributed by atoms with van der Waals surface area (Å²) in [6.45, 7) is 3.65. The van der Waals surface area contributed by atoms with Crippen LogP contribution in [0.1, 0.15) is 27.3 Å². The van der Waals surface area contributed by atoms with Crippen LogP contribution in [-0.2, 0) is 13.5 Å². The van der Waals surface area contributed by atoms with Crippen molar-refractivity contribution < 1.29 is 9.18 Å². The molecule has 1 aromatic heterocycles. The van der Waals surface area contributed by atoms with Gasteiger partial charge in [0.05, 0.1) is 12.1 Å². The zero-order valence-electron chi connectivity index (χ0n) is 10.7. The molecule has 94 valence electrons. The van der Waals surface area contributed by atoms with E-state index in [1.54, 1.807) is 24.7 Å². The van der Waals surface area contributed by atoms with Crippen LogP contribution in [0.5, 0.6) is 0 Å². The second kappa shape index (κ2) is 4.72. The number of Topliss-reactive ketones (excluding diaryl/α,β-unsaturated/α-hetero) is 1. The summed E-state index contributed by atoms with van der Waals surface area (Å²) < 4.78 is 14.9. The number of halogens is 1. The van der Waals surface area contributed by atoms with Gasteiger partial charge in [-0.2, -0.15) is 5.10 Å². The van der Waals surface area contributed by atoms with Gasteiger partial charge in [-0.15, -0.1) is 0 Å². The smallest absolute Gasteiger partial charge is 0.168 e. The van der Waals surface area contributed by atoms with E-state index in [2.05, 4.69) is 5.10 Å². The van der Waals surface area contributed by atoms with Gasteiger partial charge in [0.15, 0.2) is 5.78 Å². The highest BCUT2D eigenvalue weighted by atomic mass is 19.1. The third-order valence-electron chi connectivity index (χ3n) is 2.80. The number of aryl methyl sites for hydroxylation is 3. The fourth-order valence-corrected chi connectivity index (χ4v) is 1.99. The monoisotopic (exact) mass is 246 g/mol. The largest absolute Gasteiger partial charge is 0.294 e. The Morgan fingerprint density at radius 3 is 2.56 bits per heavy atom. The normalized spacial score (nSPS) is 10.7. The standard InChI is InChI=1S/C14H15FN2O/c1-9-4-11(7-12(15)5-9)14(18)8-13-6-10(2)16-17(13)3/h4-7H,8H2,1-3H3. The third kappa shape index (κ3) is 2.64. The molecule has 0 aliphatic heterocycles.